The number of methoxy groups -OCH3 is 1. The van der Waals surface area contributed by atoms with Crippen LogP contribution in [-0.4, -0.2) is 52.6 Å². The number of hydrogen-bond donors (Lipinski definition) is 1. The van der Waals surface area contributed by atoms with Crippen LogP contribution >= 0.6 is 0 Å². The van der Waals surface area contributed by atoms with Crippen molar-refractivity contribution < 1.29 is 22.7 Å². The van der Waals surface area contributed by atoms with E-state index in [0.29, 0.717) is 44.4 Å². The van der Waals surface area contributed by atoms with Crippen molar-refractivity contribution in [1.82, 2.24) is 9.62 Å². The van der Waals surface area contributed by atoms with Crippen molar-refractivity contribution in [2.75, 3.05) is 33.4 Å². The van der Waals surface area contributed by atoms with Gasteiger partial charge in [-0.3, -0.25) is 4.79 Å². The number of amides is 1. The molecule has 3 rings (SSSR count). The molecular weight excluding hydrogens is 416 g/mol. The van der Waals surface area contributed by atoms with Crippen LogP contribution < -0.4 is 9.46 Å². The molecule has 0 radical (unpaired) electrons. The van der Waals surface area contributed by atoms with Crippen LogP contribution in [-0.2, 0) is 14.8 Å². The molecular formula is C23H30N2O5S. The van der Waals surface area contributed by atoms with Gasteiger partial charge in [-0.25, -0.2) is 13.1 Å². The molecule has 1 aliphatic rings. The number of nitrogens with one attached hydrogen (secondary N) is 1. The van der Waals surface area contributed by atoms with Crippen molar-refractivity contribution in [2.45, 2.75) is 31.2 Å². The lowest BCUT2D eigenvalue weighted by atomic mass is 9.98. The lowest BCUT2D eigenvalue weighted by Crippen LogP contribution is -2.41. The molecule has 168 valence electrons. The number of carbonyl (C=O) groups excluding carboxylic acids is 1. The fourth-order valence-electron chi connectivity index (χ4n) is 3.62. The largest absolute Gasteiger partial charge is 0.496 e. The van der Waals surface area contributed by atoms with Crippen LogP contribution in [0.2, 0.25) is 0 Å². The van der Waals surface area contributed by atoms with E-state index in [1.807, 2.05) is 30.3 Å². The molecule has 0 aliphatic carbocycles. The smallest absolute Gasteiger partial charge is 0.257 e. The Morgan fingerprint density at radius 2 is 1.81 bits per heavy atom. The first-order chi connectivity index (χ1) is 14.8. The van der Waals surface area contributed by atoms with Crippen molar-refractivity contribution in [1.29, 1.82) is 0 Å². The average molecular weight is 447 g/mol. The zero-order chi connectivity index (χ0) is 22.4. The van der Waals surface area contributed by atoms with E-state index in [2.05, 4.69) is 18.6 Å². The second-order valence-electron chi connectivity index (χ2n) is 7.98. The van der Waals surface area contributed by atoms with Crippen LogP contribution in [0.3, 0.4) is 0 Å². The Morgan fingerprint density at radius 1 is 1.13 bits per heavy atom. The van der Waals surface area contributed by atoms with Crippen LogP contribution in [0.1, 0.15) is 42.2 Å². The van der Waals surface area contributed by atoms with Crippen LogP contribution in [0.25, 0.3) is 0 Å². The number of carbonyl (C=O) groups is 1. The monoisotopic (exact) mass is 446 g/mol. The van der Waals surface area contributed by atoms with Crippen molar-refractivity contribution in [3.8, 4) is 5.75 Å². The molecule has 1 atom stereocenters. The highest BCUT2D eigenvalue weighted by Gasteiger charge is 2.27. The Hall–Kier alpha value is -2.42. The van der Waals surface area contributed by atoms with Gasteiger partial charge in [0.25, 0.3) is 5.91 Å². The van der Waals surface area contributed by atoms with E-state index in [9.17, 15) is 13.2 Å². The van der Waals surface area contributed by atoms with E-state index in [1.165, 1.54) is 25.3 Å². The molecule has 0 spiro atoms. The van der Waals surface area contributed by atoms with Gasteiger partial charge in [0.1, 0.15) is 5.75 Å². The summed E-state index contributed by atoms with van der Waals surface area (Å²) in [6, 6.07) is 13.5. The van der Waals surface area contributed by atoms with E-state index in [-0.39, 0.29) is 22.4 Å². The van der Waals surface area contributed by atoms with Gasteiger partial charge >= 0.3 is 0 Å². The average Bonchev–Trinajstić information content (AvgIpc) is 2.78. The van der Waals surface area contributed by atoms with Crippen LogP contribution in [0, 0.1) is 5.92 Å². The van der Waals surface area contributed by atoms with E-state index in [0.717, 1.165) is 5.56 Å². The topological polar surface area (TPSA) is 84.9 Å². The molecule has 0 aromatic heterocycles. The molecule has 1 amide bonds. The number of ether oxygens (including phenoxy) is 2. The summed E-state index contributed by atoms with van der Waals surface area (Å²) in [5, 5.41) is 0. The lowest BCUT2D eigenvalue weighted by Gasteiger charge is -2.27. The number of nitrogens with zero attached hydrogens (tertiary/aromatic N) is 1. The van der Waals surface area contributed by atoms with Gasteiger partial charge in [-0.15, -0.1) is 0 Å². The molecule has 1 heterocycles. The molecule has 8 heteroatoms. The van der Waals surface area contributed by atoms with Crippen molar-refractivity contribution in [3.63, 3.8) is 0 Å². The number of sulfonamides is 1. The molecule has 1 fully saturated rings. The minimum atomic E-state index is -3.87. The molecule has 0 unspecified atom stereocenters. The molecule has 7 nitrogen and oxygen atoms in total. The first-order valence-corrected chi connectivity index (χ1v) is 11.9. The third-order valence-electron chi connectivity index (χ3n) is 5.22. The summed E-state index contributed by atoms with van der Waals surface area (Å²) < 4.78 is 40.0. The third kappa shape index (κ3) is 5.84. The van der Waals surface area contributed by atoms with E-state index >= 15 is 0 Å². The maximum absolute atomic E-state index is 13.3. The van der Waals surface area contributed by atoms with Crippen molar-refractivity contribution >= 4 is 15.9 Å². The van der Waals surface area contributed by atoms with Gasteiger partial charge in [-0.05, 0) is 36.1 Å². The van der Waals surface area contributed by atoms with Gasteiger partial charge in [0.05, 0.1) is 30.8 Å². The summed E-state index contributed by atoms with van der Waals surface area (Å²) in [5.41, 5.74) is 1.13. The number of hydrogen-bond acceptors (Lipinski definition) is 5. The maximum Gasteiger partial charge on any atom is 0.257 e. The minimum absolute atomic E-state index is 0.0367. The van der Waals surface area contributed by atoms with Crippen molar-refractivity contribution in [3.05, 3.63) is 59.7 Å². The Kier molecular flexibility index (Phi) is 7.69. The second-order valence-corrected chi connectivity index (χ2v) is 9.69. The Balaban J connectivity index is 1.91. The summed E-state index contributed by atoms with van der Waals surface area (Å²) in [5.74, 6) is 0.374. The van der Waals surface area contributed by atoms with Gasteiger partial charge in [-0.2, -0.15) is 0 Å². The normalized spacial score (nSPS) is 15.7. The molecule has 0 bridgehead atoms. The predicted molar refractivity (Wildman–Crippen MR) is 119 cm³/mol. The predicted octanol–water partition coefficient (Wildman–Crippen LogP) is 3.23. The van der Waals surface area contributed by atoms with Crippen molar-refractivity contribution in [2.24, 2.45) is 5.92 Å². The summed E-state index contributed by atoms with van der Waals surface area (Å²) in [4.78, 5) is 14.7. The lowest BCUT2D eigenvalue weighted by molar-refractivity contribution is 0.0300. The van der Waals surface area contributed by atoms with E-state index in [4.69, 9.17) is 9.47 Å². The van der Waals surface area contributed by atoms with E-state index in [1.54, 1.807) is 4.90 Å². The number of benzene rings is 2. The van der Waals surface area contributed by atoms with Crippen LogP contribution in [0.5, 0.6) is 5.75 Å². The zero-order valence-electron chi connectivity index (χ0n) is 18.2. The summed E-state index contributed by atoms with van der Waals surface area (Å²) >= 11 is 0. The third-order valence-corrected chi connectivity index (χ3v) is 6.69. The second kappa shape index (κ2) is 10.3. The quantitative estimate of drug-likeness (QED) is 0.673. The highest BCUT2D eigenvalue weighted by atomic mass is 32.2. The fourth-order valence-corrected chi connectivity index (χ4v) is 4.89. The van der Waals surface area contributed by atoms with Crippen LogP contribution in [0.15, 0.2) is 53.4 Å². The number of rotatable bonds is 8. The first kappa shape index (κ1) is 23.2. The van der Waals surface area contributed by atoms with E-state index < -0.39 is 10.0 Å². The highest BCUT2D eigenvalue weighted by molar-refractivity contribution is 7.89. The molecule has 0 saturated carbocycles. The van der Waals surface area contributed by atoms with Crippen LogP contribution in [0.4, 0.5) is 0 Å². The maximum atomic E-state index is 13.3. The molecule has 31 heavy (non-hydrogen) atoms. The molecule has 1 N–H and O–H groups in total. The zero-order valence-corrected chi connectivity index (χ0v) is 19.0. The minimum Gasteiger partial charge on any atom is -0.496 e. The van der Waals surface area contributed by atoms with Gasteiger partial charge < -0.3 is 14.4 Å². The van der Waals surface area contributed by atoms with Gasteiger partial charge in [0.15, 0.2) is 0 Å². The first-order valence-electron chi connectivity index (χ1n) is 10.4. The summed E-state index contributed by atoms with van der Waals surface area (Å²) in [6.45, 7) is 5.94. The SMILES string of the molecule is COc1ccc(S(=O)(=O)N[C@H](CC(C)C)c2ccccc2)cc1C(=O)N1CCOCC1. The molecule has 1 saturated heterocycles. The molecule has 2 aromatic rings. The van der Waals surface area contributed by atoms with Gasteiger partial charge in [0.2, 0.25) is 10.0 Å². The Morgan fingerprint density at radius 3 is 2.42 bits per heavy atom. The summed E-state index contributed by atoms with van der Waals surface area (Å²) in [6.07, 6.45) is 0.652. The molecule has 2 aromatic carbocycles. The van der Waals surface area contributed by atoms with Gasteiger partial charge in [-0.1, -0.05) is 44.2 Å². The molecule has 1 aliphatic heterocycles. The highest BCUT2D eigenvalue weighted by Crippen LogP contribution is 2.27. The Labute approximate surface area is 184 Å². The fraction of sp³-hybridized carbons (Fsp3) is 0.435. The van der Waals surface area contributed by atoms with Gasteiger partial charge in [0, 0.05) is 19.1 Å². The summed E-state index contributed by atoms with van der Waals surface area (Å²) in [7, 11) is -2.40. The Bertz CT molecular complexity index is 986. The standard InChI is InChI=1S/C23H30N2O5S/c1-17(2)15-21(18-7-5-4-6-8-18)24-31(27,28)19-9-10-22(29-3)20(16-19)23(26)25-11-13-30-14-12-25/h4-10,16-17,21,24H,11-15H2,1-3H3/t21-/m1/s1. The number of morpholine rings is 1.